The first-order valence-electron chi connectivity index (χ1n) is 6.65. The SMILES string of the molecule is COc1c2ccccc2c(OC)c2cc(S(=O)(=O)OI)ccc12. The Morgan fingerprint density at radius 2 is 1.35 bits per heavy atom. The molecule has 0 N–H and O–H groups in total. The molecule has 0 bridgehead atoms. The molecule has 3 aromatic rings. The van der Waals surface area contributed by atoms with Crippen molar-refractivity contribution >= 4 is 54.7 Å². The second kappa shape index (κ2) is 6.14. The van der Waals surface area contributed by atoms with Gasteiger partial charge in [0.15, 0.2) is 0 Å². The van der Waals surface area contributed by atoms with Crippen LogP contribution >= 0.6 is 23.0 Å². The number of halogens is 1. The summed E-state index contributed by atoms with van der Waals surface area (Å²) in [6.07, 6.45) is 0. The van der Waals surface area contributed by atoms with Gasteiger partial charge in [-0.15, -0.1) is 0 Å². The molecule has 5 nitrogen and oxygen atoms in total. The predicted octanol–water partition coefficient (Wildman–Crippen LogP) is 4.07. The van der Waals surface area contributed by atoms with E-state index in [-0.39, 0.29) is 4.90 Å². The summed E-state index contributed by atoms with van der Waals surface area (Å²) in [5.74, 6) is 1.28. The Morgan fingerprint density at radius 3 is 1.87 bits per heavy atom. The van der Waals surface area contributed by atoms with Crippen LogP contribution in [0.3, 0.4) is 0 Å². The lowest BCUT2D eigenvalue weighted by atomic mass is 10.0. The summed E-state index contributed by atoms with van der Waals surface area (Å²) in [7, 11) is -0.648. The average Bonchev–Trinajstić information content (AvgIpc) is 2.58. The van der Waals surface area contributed by atoms with Gasteiger partial charge in [-0.2, -0.15) is 10.9 Å². The Labute approximate surface area is 148 Å². The van der Waals surface area contributed by atoms with Gasteiger partial charge < -0.3 is 9.47 Å². The summed E-state index contributed by atoms with van der Waals surface area (Å²) >= 11 is 1.36. The molecule has 0 radical (unpaired) electrons. The molecule has 0 heterocycles. The fourth-order valence-electron chi connectivity index (χ4n) is 2.71. The molecular formula is C16H13IO5S. The van der Waals surface area contributed by atoms with Crippen molar-refractivity contribution in [3.8, 4) is 11.5 Å². The van der Waals surface area contributed by atoms with E-state index in [4.69, 9.17) is 9.47 Å². The van der Waals surface area contributed by atoms with Crippen LogP contribution in [0.5, 0.6) is 11.5 Å². The molecule has 0 aliphatic rings. The average molecular weight is 444 g/mol. The van der Waals surface area contributed by atoms with Crippen LogP contribution in [0.15, 0.2) is 47.4 Å². The van der Waals surface area contributed by atoms with Gasteiger partial charge in [0.05, 0.1) is 19.1 Å². The van der Waals surface area contributed by atoms with Gasteiger partial charge >= 0.3 is 10.1 Å². The van der Waals surface area contributed by atoms with Crippen LogP contribution in [0.4, 0.5) is 0 Å². The summed E-state index contributed by atoms with van der Waals surface area (Å²) in [6.45, 7) is 0. The third-order valence-corrected chi connectivity index (χ3v) is 6.09. The normalized spacial score (nSPS) is 11.8. The standard InChI is InChI=1S/C16H13IO5S/c1-20-15-11-5-3-4-6-12(11)16(21-2)14-9-10(7-8-13(14)15)23(18,19)22-17/h3-9H,1-2H3. The van der Waals surface area contributed by atoms with Crippen molar-refractivity contribution < 1.29 is 20.4 Å². The van der Waals surface area contributed by atoms with E-state index in [1.165, 1.54) is 35.1 Å². The van der Waals surface area contributed by atoms with Gasteiger partial charge in [0.1, 0.15) is 34.5 Å². The summed E-state index contributed by atoms with van der Waals surface area (Å²) < 4.78 is 39.6. The molecule has 0 atom stereocenters. The lowest BCUT2D eigenvalue weighted by Crippen LogP contribution is -2.00. The number of rotatable bonds is 4. The third-order valence-electron chi connectivity index (χ3n) is 3.68. The number of methoxy groups -OCH3 is 2. The van der Waals surface area contributed by atoms with Crippen LogP contribution in [-0.2, 0) is 12.6 Å². The summed E-state index contributed by atoms with van der Waals surface area (Å²) in [5, 5.41) is 3.18. The maximum atomic E-state index is 12.0. The zero-order chi connectivity index (χ0) is 16.6. The molecule has 0 unspecified atom stereocenters. The molecule has 120 valence electrons. The van der Waals surface area contributed by atoms with Gasteiger partial charge in [-0.1, -0.05) is 24.3 Å². The van der Waals surface area contributed by atoms with Gasteiger partial charge in [0.25, 0.3) is 0 Å². The van der Waals surface area contributed by atoms with Crippen LogP contribution in [0.2, 0.25) is 0 Å². The predicted molar refractivity (Wildman–Crippen MR) is 96.8 cm³/mol. The molecule has 0 spiro atoms. The lowest BCUT2D eigenvalue weighted by molar-refractivity contribution is 0.417. The van der Waals surface area contributed by atoms with Gasteiger partial charge in [-0.3, -0.25) is 0 Å². The smallest absolute Gasteiger partial charge is 0.306 e. The van der Waals surface area contributed by atoms with E-state index in [0.717, 1.165) is 16.2 Å². The van der Waals surface area contributed by atoms with Crippen molar-refractivity contribution in [2.24, 2.45) is 0 Å². The molecule has 3 rings (SSSR count). The third kappa shape index (κ3) is 2.62. The molecule has 0 aromatic heterocycles. The molecule has 0 amide bonds. The van der Waals surface area contributed by atoms with Gasteiger partial charge in [-0.25, -0.2) is 0 Å². The Kier molecular flexibility index (Phi) is 4.35. The van der Waals surface area contributed by atoms with E-state index in [1.807, 2.05) is 24.3 Å². The molecular weight excluding hydrogens is 431 g/mol. The molecule has 0 fully saturated rings. The van der Waals surface area contributed by atoms with E-state index < -0.39 is 10.1 Å². The van der Waals surface area contributed by atoms with E-state index in [0.29, 0.717) is 16.9 Å². The minimum Gasteiger partial charge on any atom is -0.495 e. The topological polar surface area (TPSA) is 61.8 Å². The number of hydrogen-bond donors (Lipinski definition) is 0. The highest BCUT2D eigenvalue weighted by Gasteiger charge is 2.19. The zero-order valence-corrected chi connectivity index (χ0v) is 15.3. The van der Waals surface area contributed by atoms with E-state index in [1.54, 1.807) is 20.3 Å². The summed E-state index contributed by atoms with van der Waals surface area (Å²) in [5.41, 5.74) is 0. The summed E-state index contributed by atoms with van der Waals surface area (Å²) in [6, 6.07) is 12.4. The lowest BCUT2D eigenvalue weighted by Gasteiger charge is -2.15. The van der Waals surface area contributed by atoms with E-state index >= 15 is 0 Å². The Hall–Kier alpha value is -1.58. The molecule has 0 saturated heterocycles. The number of ether oxygens (including phenoxy) is 2. The van der Waals surface area contributed by atoms with Gasteiger partial charge in [-0.05, 0) is 18.2 Å². The Balaban J connectivity index is 2.51. The number of hydrogen-bond acceptors (Lipinski definition) is 5. The molecule has 3 aromatic carbocycles. The summed E-state index contributed by atoms with van der Waals surface area (Å²) in [4.78, 5) is 0.0648. The maximum Gasteiger partial charge on any atom is 0.306 e. The van der Waals surface area contributed by atoms with Crippen molar-refractivity contribution in [2.75, 3.05) is 14.2 Å². The van der Waals surface area contributed by atoms with E-state index in [2.05, 4.69) is 2.51 Å². The van der Waals surface area contributed by atoms with Crippen molar-refractivity contribution in [1.82, 2.24) is 0 Å². The maximum absolute atomic E-state index is 12.0. The van der Waals surface area contributed by atoms with Crippen molar-refractivity contribution in [1.29, 1.82) is 0 Å². The monoisotopic (exact) mass is 444 g/mol. The highest BCUT2D eigenvalue weighted by molar-refractivity contribution is 14.1. The molecule has 0 aliphatic carbocycles. The molecule has 0 aliphatic heterocycles. The van der Waals surface area contributed by atoms with Crippen molar-refractivity contribution in [2.45, 2.75) is 4.90 Å². The van der Waals surface area contributed by atoms with Crippen molar-refractivity contribution in [3.05, 3.63) is 42.5 Å². The molecule has 0 saturated carbocycles. The quantitative estimate of drug-likeness (QED) is 0.449. The molecule has 7 heteroatoms. The second-order valence-electron chi connectivity index (χ2n) is 4.84. The van der Waals surface area contributed by atoms with Crippen molar-refractivity contribution in [3.63, 3.8) is 0 Å². The fourth-order valence-corrected chi connectivity index (χ4v) is 3.90. The fraction of sp³-hybridized carbons (Fsp3) is 0.125. The zero-order valence-electron chi connectivity index (χ0n) is 12.4. The number of benzene rings is 3. The highest BCUT2D eigenvalue weighted by Crippen LogP contribution is 2.43. The molecule has 23 heavy (non-hydrogen) atoms. The highest BCUT2D eigenvalue weighted by atomic mass is 127. The van der Waals surface area contributed by atoms with Crippen LogP contribution in [0.1, 0.15) is 0 Å². The minimum absolute atomic E-state index is 0.0648. The van der Waals surface area contributed by atoms with Crippen LogP contribution < -0.4 is 9.47 Å². The number of fused-ring (bicyclic) bond motifs is 2. The van der Waals surface area contributed by atoms with Crippen LogP contribution in [0, 0.1) is 0 Å². The first-order valence-corrected chi connectivity index (χ1v) is 8.94. The first-order chi connectivity index (χ1) is 11.0. The first kappa shape index (κ1) is 16.3. The van der Waals surface area contributed by atoms with E-state index in [9.17, 15) is 8.42 Å². The largest absolute Gasteiger partial charge is 0.495 e. The second-order valence-corrected chi connectivity index (χ2v) is 7.42. The van der Waals surface area contributed by atoms with Crippen LogP contribution in [-0.4, -0.2) is 22.6 Å². The van der Waals surface area contributed by atoms with Crippen LogP contribution in [0.25, 0.3) is 21.5 Å². The Morgan fingerprint density at radius 1 is 0.826 bits per heavy atom. The minimum atomic E-state index is -3.80. The Bertz CT molecular complexity index is 998. The van der Waals surface area contributed by atoms with Gasteiger partial charge in [0.2, 0.25) is 0 Å². The van der Waals surface area contributed by atoms with Gasteiger partial charge in [0, 0.05) is 21.5 Å².